The molecule has 4 heterocycles. The topological polar surface area (TPSA) is 133 Å². The Kier molecular flexibility index (Phi) is 5.48. The Morgan fingerprint density at radius 1 is 1.24 bits per heavy atom. The van der Waals surface area contributed by atoms with Crippen molar-refractivity contribution in [3.05, 3.63) is 29.0 Å². The molecule has 1 aliphatic heterocycles. The van der Waals surface area contributed by atoms with Crippen LogP contribution in [-0.2, 0) is 21.3 Å². The molecule has 0 aromatic carbocycles. The average Bonchev–Trinajstić information content (AvgIpc) is 3.46. The number of rotatable bonds is 7. The first kappa shape index (κ1) is 19.7. The van der Waals surface area contributed by atoms with Crippen LogP contribution in [0.15, 0.2) is 29.0 Å². The average molecular weight is 437 g/mol. The van der Waals surface area contributed by atoms with Crippen LogP contribution in [0.5, 0.6) is 0 Å². The third kappa shape index (κ3) is 3.82. The lowest BCUT2D eigenvalue weighted by Crippen LogP contribution is -2.28. The molecular formula is C17H20N6O4S2. The first-order valence-corrected chi connectivity index (χ1v) is 11.5. The number of nitrogens with zero attached hydrogens (tertiary/aromatic N) is 5. The van der Waals surface area contributed by atoms with Crippen LogP contribution in [0.3, 0.4) is 0 Å². The first-order valence-electron chi connectivity index (χ1n) is 9.14. The Morgan fingerprint density at radius 3 is 2.83 bits per heavy atom. The molecule has 4 rings (SSSR count). The Balaban J connectivity index is 1.37. The van der Waals surface area contributed by atoms with Gasteiger partial charge in [-0.15, -0.1) is 11.3 Å². The van der Waals surface area contributed by atoms with E-state index in [1.54, 1.807) is 16.3 Å². The van der Waals surface area contributed by atoms with E-state index in [9.17, 15) is 13.2 Å². The van der Waals surface area contributed by atoms with Crippen LogP contribution in [0.2, 0.25) is 0 Å². The van der Waals surface area contributed by atoms with E-state index in [0.29, 0.717) is 43.0 Å². The van der Waals surface area contributed by atoms with Crippen LogP contribution in [0, 0.1) is 0 Å². The number of anilines is 1. The normalized spacial score (nSPS) is 15.2. The van der Waals surface area contributed by atoms with Crippen molar-refractivity contribution in [3.63, 3.8) is 0 Å². The summed E-state index contributed by atoms with van der Waals surface area (Å²) in [6.45, 7) is 1.63. The zero-order valence-electron chi connectivity index (χ0n) is 15.5. The van der Waals surface area contributed by atoms with Crippen LogP contribution in [-0.4, -0.2) is 57.9 Å². The van der Waals surface area contributed by atoms with Crippen LogP contribution >= 0.6 is 11.3 Å². The van der Waals surface area contributed by atoms with E-state index >= 15 is 0 Å². The van der Waals surface area contributed by atoms with E-state index in [4.69, 9.17) is 10.5 Å². The minimum absolute atomic E-state index is 0.0298. The quantitative estimate of drug-likeness (QED) is 0.435. The van der Waals surface area contributed by atoms with E-state index in [1.807, 2.05) is 0 Å². The number of thiophene rings is 1. The number of aryl methyl sites for hydroxylation is 1. The standard InChI is InChI=1S/C17H20N6O4S2/c18-15-13-16(20-10-19-15)22(11-21-13)5-3-8-27-17(24)14-12(4-9-28-14)29(25,26)23-6-1-2-7-23/h4,9-11H,1-3,5-8H2,(H2,18,19,20). The molecule has 1 fully saturated rings. The number of sulfonamides is 1. The van der Waals surface area contributed by atoms with E-state index in [1.165, 1.54) is 16.7 Å². The number of fused-ring (bicyclic) bond motifs is 1. The van der Waals surface area contributed by atoms with Gasteiger partial charge < -0.3 is 15.0 Å². The molecule has 0 amide bonds. The number of aromatic nitrogens is 4. The van der Waals surface area contributed by atoms with Crippen LogP contribution < -0.4 is 5.73 Å². The van der Waals surface area contributed by atoms with Crippen LogP contribution in [0.25, 0.3) is 11.2 Å². The van der Waals surface area contributed by atoms with Gasteiger partial charge >= 0.3 is 5.97 Å². The van der Waals surface area contributed by atoms with E-state index in [-0.39, 0.29) is 16.4 Å². The number of imidazole rings is 1. The summed E-state index contributed by atoms with van der Waals surface area (Å²) >= 11 is 1.08. The highest BCUT2D eigenvalue weighted by molar-refractivity contribution is 7.89. The summed E-state index contributed by atoms with van der Waals surface area (Å²) in [4.78, 5) is 24.8. The molecule has 0 atom stereocenters. The van der Waals surface area contributed by atoms with Gasteiger partial charge in [0, 0.05) is 19.6 Å². The molecule has 0 radical (unpaired) electrons. The van der Waals surface area contributed by atoms with Gasteiger partial charge in [0.15, 0.2) is 11.5 Å². The third-order valence-electron chi connectivity index (χ3n) is 4.70. The highest BCUT2D eigenvalue weighted by atomic mass is 32.2. The van der Waals surface area contributed by atoms with Gasteiger partial charge in [-0.2, -0.15) is 4.31 Å². The lowest BCUT2D eigenvalue weighted by molar-refractivity contribution is 0.0498. The van der Waals surface area contributed by atoms with E-state index in [2.05, 4.69) is 15.0 Å². The maximum Gasteiger partial charge on any atom is 0.349 e. The van der Waals surface area contributed by atoms with E-state index in [0.717, 1.165) is 24.2 Å². The molecule has 0 unspecified atom stereocenters. The molecule has 0 aliphatic carbocycles. The molecule has 29 heavy (non-hydrogen) atoms. The number of carbonyl (C=O) groups excluding carboxylic acids is 1. The van der Waals surface area contributed by atoms with Crippen molar-refractivity contribution in [2.75, 3.05) is 25.4 Å². The molecule has 0 spiro atoms. The highest BCUT2D eigenvalue weighted by Crippen LogP contribution is 2.28. The molecule has 3 aromatic heterocycles. The highest BCUT2D eigenvalue weighted by Gasteiger charge is 2.32. The van der Waals surface area contributed by atoms with Crippen molar-refractivity contribution in [2.24, 2.45) is 0 Å². The number of nitrogens with two attached hydrogens (primary N) is 1. The number of hydrogen-bond donors (Lipinski definition) is 1. The fourth-order valence-electron chi connectivity index (χ4n) is 3.24. The Morgan fingerprint density at radius 2 is 2.03 bits per heavy atom. The van der Waals surface area contributed by atoms with Crippen molar-refractivity contribution < 1.29 is 17.9 Å². The van der Waals surface area contributed by atoms with Gasteiger partial charge in [-0.05, 0) is 30.7 Å². The number of esters is 1. The first-order chi connectivity index (χ1) is 14.0. The molecule has 12 heteroatoms. The summed E-state index contributed by atoms with van der Waals surface area (Å²) < 4.78 is 34.0. The van der Waals surface area contributed by atoms with E-state index < -0.39 is 16.0 Å². The summed E-state index contributed by atoms with van der Waals surface area (Å²) in [5.74, 6) is -0.315. The second-order valence-electron chi connectivity index (χ2n) is 6.58. The summed E-state index contributed by atoms with van der Waals surface area (Å²) in [6, 6.07) is 1.47. The minimum atomic E-state index is -3.66. The zero-order valence-corrected chi connectivity index (χ0v) is 17.2. The SMILES string of the molecule is Nc1ncnc2c1ncn2CCCOC(=O)c1sccc1S(=O)(=O)N1CCCC1. The molecule has 0 saturated carbocycles. The van der Waals surface area contributed by atoms with Gasteiger partial charge in [-0.1, -0.05) is 0 Å². The summed E-state index contributed by atoms with van der Waals surface area (Å²) in [5.41, 5.74) is 6.90. The Bertz CT molecular complexity index is 1130. The van der Waals surface area contributed by atoms with Crippen LogP contribution in [0.1, 0.15) is 28.9 Å². The molecule has 1 saturated heterocycles. The lowest BCUT2D eigenvalue weighted by Gasteiger charge is -2.15. The van der Waals surface area contributed by atoms with Crippen molar-refractivity contribution in [3.8, 4) is 0 Å². The largest absolute Gasteiger partial charge is 0.461 e. The van der Waals surface area contributed by atoms with Gasteiger partial charge in [-0.3, -0.25) is 0 Å². The predicted octanol–water partition coefficient (Wildman–Crippen LogP) is 1.50. The second-order valence-corrected chi connectivity index (χ2v) is 9.41. The Hall–Kier alpha value is -2.57. The maximum atomic E-state index is 12.8. The number of ether oxygens (including phenoxy) is 1. The summed E-state index contributed by atoms with van der Waals surface area (Å²) in [5, 5.41) is 1.60. The molecule has 0 bridgehead atoms. The Labute approximate surface area is 171 Å². The van der Waals surface area contributed by atoms with Gasteiger partial charge in [0.2, 0.25) is 10.0 Å². The van der Waals surface area contributed by atoms with Gasteiger partial charge in [0.1, 0.15) is 21.6 Å². The molecule has 154 valence electrons. The number of hydrogen-bond acceptors (Lipinski definition) is 9. The third-order valence-corrected chi connectivity index (χ3v) is 7.67. The van der Waals surface area contributed by atoms with Crippen LogP contribution in [0.4, 0.5) is 5.82 Å². The molecule has 10 nitrogen and oxygen atoms in total. The smallest absolute Gasteiger partial charge is 0.349 e. The molecular weight excluding hydrogens is 416 g/mol. The van der Waals surface area contributed by atoms with Crippen molar-refractivity contribution in [1.29, 1.82) is 0 Å². The number of carbonyl (C=O) groups is 1. The molecule has 2 N–H and O–H groups in total. The monoisotopic (exact) mass is 436 g/mol. The maximum absolute atomic E-state index is 12.8. The minimum Gasteiger partial charge on any atom is -0.461 e. The van der Waals surface area contributed by atoms with Gasteiger partial charge in [-0.25, -0.2) is 28.2 Å². The van der Waals surface area contributed by atoms with Crippen molar-refractivity contribution >= 4 is 44.3 Å². The second kappa shape index (κ2) is 8.05. The van der Waals surface area contributed by atoms with Crippen molar-refractivity contribution in [2.45, 2.75) is 30.7 Å². The summed E-state index contributed by atoms with van der Waals surface area (Å²) in [7, 11) is -3.66. The summed E-state index contributed by atoms with van der Waals surface area (Å²) in [6.07, 6.45) is 5.17. The number of nitrogen functional groups attached to an aromatic ring is 1. The molecule has 1 aliphatic rings. The molecule has 3 aromatic rings. The van der Waals surface area contributed by atoms with Crippen molar-refractivity contribution in [1.82, 2.24) is 23.8 Å². The van der Waals surface area contributed by atoms with Gasteiger partial charge in [0.25, 0.3) is 0 Å². The fourth-order valence-corrected chi connectivity index (χ4v) is 6.05. The predicted molar refractivity (Wildman–Crippen MR) is 107 cm³/mol. The lowest BCUT2D eigenvalue weighted by atomic mass is 10.4. The fraction of sp³-hybridized carbons (Fsp3) is 0.412. The zero-order chi connectivity index (χ0) is 20.4. The van der Waals surface area contributed by atoms with Gasteiger partial charge in [0.05, 0.1) is 12.9 Å².